The molecule has 0 radical (unpaired) electrons. The minimum atomic E-state index is -0.662. The largest absolute Gasteiger partial charge is 0.380 e. The number of amides is 2. The Labute approximate surface area is 174 Å². The number of carbonyl (C=O) groups excluding carboxylic acids is 1. The molecule has 1 atom stereocenters. The van der Waals surface area contributed by atoms with Gasteiger partial charge >= 0.3 is 6.03 Å². The molecule has 1 saturated heterocycles. The second-order valence-electron chi connectivity index (χ2n) is 7.41. The molecule has 0 saturated carbocycles. The first-order valence-corrected chi connectivity index (χ1v) is 9.61. The fourth-order valence-corrected chi connectivity index (χ4v) is 3.90. The molecule has 158 valence electrons. The lowest BCUT2D eigenvalue weighted by atomic mass is 9.95. The van der Waals surface area contributed by atoms with Gasteiger partial charge in [-0.25, -0.2) is 14.8 Å². The second kappa shape index (κ2) is 8.02. The van der Waals surface area contributed by atoms with Gasteiger partial charge in [0.25, 0.3) is 0 Å². The zero-order valence-electron chi connectivity index (χ0n) is 17.3. The molecule has 1 aliphatic rings. The van der Waals surface area contributed by atoms with Crippen molar-refractivity contribution in [3.05, 3.63) is 41.9 Å². The number of methoxy groups -OCH3 is 2. The Morgan fingerprint density at radius 1 is 1.37 bits per heavy atom. The number of nitrogens with one attached hydrogen (secondary N) is 1. The molecule has 0 aliphatic carbocycles. The van der Waals surface area contributed by atoms with Crippen LogP contribution in [0.1, 0.15) is 17.7 Å². The standard InChI is InChI=1S/C21H25N5O4/c1-26-10-15(14-8-19(25-20(22)27)23-9-17(14)26)16-6-13(11-28-2)7-18(24-16)21(29-3)4-5-30-12-21/h6-10H,4-5,11-12H2,1-3H3,(H3,22,23,25,27)/t21-/m0/s1. The van der Waals surface area contributed by atoms with E-state index in [4.69, 9.17) is 24.9 Å². The monoisotopic (exact) mass is 411 g/mol. The third kappa shape index (κ3) is 3.62. The van der Waals surface area contributed by atoms with Gasteiger partial charge in [0, 0.05) is 51.4 Å². The lowest BCUT2D eigenvalue weighted by Gasteiger charge is -2.26. The number of hydrogen-bond donors (Lipinski definition) is 2. The zero-order valence-corrected chi connectivity index (χ0v) is 17.3. The topological polar surface area (TPSA) is 114 Å². The van der Waals surface area contributed by atoms with E-state index < -0.39 is 11.6 Å². The molecule has 3 aromatic heterocycles. The summed E-state index contributed by atoms with van der Waals surface area (Å²) in [6.07, 6.45) is 4.43. The molecule has 0 bridgehead atoms. The van der Waals surface area contributed by atoms with Crippen LogP contribution in [0.4, 0.5) is 10.6 Å². The summed E-state index contributed by atoms with van der Waals surface area (Å²) in [5.41, 5.74) is 9.07. The molecular weight excluding hydrogens is 386 g/mol. The highest BCUT2D eigenvalue weighted by Gasteiger charge is 2.39. The maximum absolute atomic E-state index is 11.3. The zero-order chi connectivity index (χ0) is 21.3. The molecule has 9 heteroatoms. The van der Waals surface area contributed by atoms with Crippen molar-refractivity contribution < 1.29 is 19.0 Å². The van der Waals surface area contributed by atoms with E-state index in [0.29, 0.717) is 25.6 Å². The van der Waals surface area contributed by atoms with Crippen LogP contribution >= 0.6 is 0 Å². The molecule has 30 heavy (non-hydrogen) atoms. The van der Waals surface area contributed by atoms with Gasteiger partial charge in [-0.1, -0.05) is 0 Å². The number of carbonyl (C=O) groups is 1. The van der Waals surface area contributed by atoms with Crippen molar-refractivity contribution in [1.82, 2.24) is 14.5 Å². The number of primary amides is 1. The smallest absolute Gasteiger partial charge is 0.317 e. The van der Waals surface area contributed by atoms with Gasteiger partial charge in [-0.15, -0.1) is 0 Å². The van der Waals surface area contributed by atoms with Crippen molar-refractivity contribution in [3.8, 4) is 11.3 Å². The van der Waals surface area contributed by atoms with Crippen LogP contribution in [-0.4, -0.2) is 48.0 Å². The van der Waals surface area contributed by atoms with E-state index in [-0.39, 0.29) is 0 Å². The number of aromatic nitrogens is 3. The number of rotatable bonds is 6. The van der Waals surface area contributed by atoms with Gasteiger partial charge < -0.3 is 24.5 Å². The van der Waals surface area contributed by atoms with Crippen molar-refractivity contribution in [1.29, 1.82) is 0 Å². The van der Waals surface area contributed by atoms with Crippen molar-refractivity contribution in [2.24, 2.45) is 12.8 Å². The first-order valence-electron chi connectivity index (χ1n) is 9.61. The molecule has 0 aromatic carbocycles. The number of fused-ring (bicyclic) bond motifs is 1. The van der Waals surface area contributed by atoms with Gasteiger partial charge in [-0.2, -0.15) is 0 Å². The van der Waals surface area contributed by atoms with Crippen LogP contribution in [0.25, 0.3) is 22.2 Å². The van der Waals surface area contributed by atoms with Gasteiger partial charge in [-0.3, -0.25) is 5.32 Å². The lowest BCUT2D eigenvalue weighted by molar-refractivity contribution is -0.0246. The predicted octanol–water partition coefficient (Wildman–Crippen LogP) is 2.53. The molecule has 0 spiro atoms. The van der Waals surface area contributed by atoms with E-state index in [1.54, 1.807) is 26.5 Å². The lowest BCUT2D eigenvalue weighted by Crippen LogP contribution is -2.30. The van der Waals surface area contributed by atoms with Crippen molar-refractivity contribution in [3.63, 3.8) is 0 Å². The number of urea groups is 1. The van der Waals surface area contributed by atoms with E-state index in [9.17, 15) is 4.79 Å². The number of aryl methyl sites for hydroxylation is 1. The third-order valence-corrected chi connectivity index (χ3v) is 5.44. The maximum Gasteiger partial charge on any atom is 0.317 e. The molecule has 1 fully saturated rings. The molecule has 4 heterocycles. The van der Waals surface area contributed by atoms with Crippen molar-refractivity contribution in [2.75, 3.05) is 32.8 Å². The van der Waals surface area contributed by atoms with Crippen LogP contribution in [0.3, 0.4) is 0 Å². The van der Waals surface area contributed by atoms with Crippen LogP contribution in [0.15, 0.2) is 30.6 Å². The number of nitrogens with zero attached hydrogens (tertiary/aromatic N) is 3. The van der Waals surface area contributed by atoms with Crippen LogP contribution < -0.4 is 11.1 Å². The number of hydrogen-bond acceptors (Lipinski definition) is 6. The summed E-state index contributed by atoms with van der Waals surface area (Å²) in [6, 6.07) is 5.15. The molecule has 4 rings (SSSR count). The Kier molecular flexibility index (Phi) is 5.42. The van der Waals surface area contributed by atoms with E-state index in [1.807, 2.05) is 29.9 Å². The Balaban J connectivity index is 1.89. The minimum absolute atomic E-state index is 0.383. The summed E-state index contributed by atoms with van der Waals surface area (Å²) in [6.45, 7) is 1.53. The Hall–Kier alpha value is -3.01. The molecular formula is C21H25N5O4. The number of anilines is 1. The summed E-state index contributed by atoms with van der Waals surface area (Å²) in [5, 5.41) is 3.43. The molecule has 0 unspecified atom stereocenters. The van der Waals surface area contributed by atoms with Crippen LogP contribution in [0.5, 0.6) is 0 Å². The van der Waals surface area contributed by atoms with E-state index in [1.165, 1.54) is 0 Å². The second-order valence-corrected chi connectivity index (χ2v) is 7.41. The Morgan fingerprint density at radius 3 is 2.87 bits per heavy atom. The summed E-state index contributed by atoms with van der Waals surface area (Å²) >= 11 is 0. The van der Waals surface area contributed by atoms with Crippen LogP contribution in [0.2, 0.25) is 0 Å². The summed E-state index contributed by atoms with van der Waals surface area (Å²) in [7, 11) is 5.29. The van der Waals surface area contributed by atoms with Gasteiger partial charge in [0.15, 0.2) is 0 Å². The Bertz CT molecular complexity index is 1090. The van der Waals surface area contributed by atoms with E-state index in [2.05, 4.69) is 10.3 Å². The SMILES string of the molecule is COCc1cc(-c2cn(C)c3cnc(NC(N)=O)cc23)nc([C@]2(OC)CCOC2)c1. The predicted molar refractivity (Wildman–Crippen MR) is 112 cm³/mol. The van der Waals surface area contributed by atoms with E-state index in [0.717, 1.165) is 39.8 Å². The average Bonchev–Trinajstić information content (AvgIpc) is 3.33. The highest BCUT2D eigenvalue weighted by molar-refractivity contribution is 5.98. The number of ether oxygens (including phenoxy) is 3. The highest BCUT2D eigenvalue weighted by Crippen LogP contribution is 2.36. The van der Waals surface area contributed by atoms with Crippen molar-refractivity contribution in [2.45, 2.75) is 18.6 Å². The summed E-state index contributed by atoms with van der Waals surface area (Å²) in [5.74, 6) is 0.383. The van der Waals surface area contributed by atoms with Gasteiger partial charge in [0.1, 0.15) is 11.4 Å². The fraction of sp³-hybridized carbons (Fsp3) is 0.381. The molecule has 1 aliphatic heterocycles. The number of pyridine rings is 2. The molecule has 2 amide bonds. The quantitative estimate of drug-likeness (QED) is 0.644. The molecule has 3 N–H and O–H groups in total. The molecule has 3 aromatic rings. The van der Waals surface area contributed by atoms with Gasteiger partial charge in [0.2, 0.25) is 0 Å². The first kappa shape index (κ1) is 20.3. The van der Waals surface area contributed by atoms with Gasteiger partial charge in [-0.05, 0) is 23.8 Å². The third-order valence-electron chi connectivity index (χ3n) is 5.44. The Morgan fingerprint density at radius 2 is 2.20 bits per heavy atom. The van der Waals surface area contributed by atoms with Gasteiger partial charge in [0.05, 0.1) is 36.3 Å². The van der Waals surface area contributed by atoms with Crippen molar-refractivity contribution >= 4 is 22.8 Å². The first-order chi connectivity index (χ1) is 14.5. The maximum atomic E-state index is 11.3. The minimum Gasteiger partial charge on any atom is -0.380 e. The van der Waals surface area contributed by atoms with Crippen LogP contribution in [0, 0.1) is 0 Å². The fourth-order valence-electron chi connectivity index (χ4n) is 3.90. The highest BCUT2D eigenvalue weighted by atomic mass is 16.5. The summed E-state index contributed by atoms with van der Waals surface area (Å²) < 4.78 is 18.8. The van der Waals surface area contributed by atoms with Crippen LogP contribution in [-0.2, 0) is 33.5 Å². The number of nitrogens with two attached hydrogens (primary N) is 1. The normalized spacial score (nSPS) is 18.8. The molecule has 9 nitrogen and oxygen atoms in total. The average molecular weight is 411 g/mol. The van der Waals surface area contributed by atoms with E-state index >= 15 is 0 Å². The summed E-state index contributed by atoms with van der Waals surface area (Å²) in [4.78, 5) is 20.5.